The van der Waals surface area contributed by atoms with Crippen molar-refractivity contribution in [2.45, 2.75) is 13.0 Å². The van der Waals surface area contributed by atoms with Gasteiger partial charge in [0, 0.05) is 71.5 Å². The summed E-state index contributed by atoms with van der Waals surface area (Å²) in [5.74, 6) is 0.873. The molecule has 11 heteroatoms. The van der Waals surface area contributed by atoms with Gasteiger partial charge in [0.05, 0.1) is 12.8 Å². The van der Waals surface area contributed by atoms with E-state index < -0.39 is 10.0 Å². The highest BCUT2D eigenvalue weighted by Gasteiger charge is 2.18. The number of benzene rings is 1. The summed E-state index contributed by atoms with van der Waals surface area (Å²) < 4.78 is 27.4. The Kier molecular flexibility index (Phi) is 6.09. The predicted octanol–water partition coefficient (Wildman–Crippen LogP) is 3.87. The summed E-state index contributed by atoms with van der Waals surface area (Å²) in [6, 6.07) is 11.8. The van der Waals surface area contributed by atoms with Crippen molar-refractivity contribution in [3.63, 3.8) is 0 Å². The number of pyridine rings is 1. The highest BCUT2D eigenvalue weighted by Crippen LogP contribution is 2.31. The van der Waals surface area contributed by atoms with Crippen LogP contribution in [0.5, 0.6) is 0 Å². The summed E-state index contributed by atoms with van der Waals surface area (Å²) in [6.07, 6.45) is 11.8. The zero-order valence-corrected chi connectivity index (χ0v) is 22.0. The van der Waals surface area contributed by atoms with E-state index >= 15 is 0 Å². The van der Waals surface area contributed by atoms with Crippen molar-refractivity contribution in [2.24, 2.45) is 0 Å². The molecule has 0 amide bonds. The van der Waals surface area contributed by atoms with Crippen LogP contribution in [0.3, 0.4) is 0 Å². The molecule has 3 N–H and O–H groups in total. The highest BCUT2D eigenvalue weighted by atomic mass is 32.2. The van der Waals surface area contributed by atoms with Gasteiger partial charge in [-0.3, -0.25) is 4.31 Å². The Morgan fingerprint density at radius 3 is 2.89 bits per heavy atom. The van der Waals surface area contributed by atoms with E-state index in [1.54, 1.807) is 18.5 Å². The standard InChI is InChI=1S/C27H28N8O2S/c1-34(38(2,36)37)25-20(4-3-10-29-25)17-35-13-9-19-15-31-27(33-26(19)35)32-21-5-6-24-22(14-21)23(16-30-24)18-7-11-28-12-8-18/h3-7,9-10,13-16,28,30H,8,11-12,17H2,1-2H3,(H,31,32,33). The minimum atomic E-state index is -3.45. The van der Waals surface area contributed by atoms with Crippen LogP contribution in [-0.4, -0.2) is 59.3 Å². The number of aromatic amines is 1. The summed E-state index contributed by atoms with van der Waals surface area (Å²) >= 11 is 0. The molecule has 0 saturated heterocycles. The van der Waals surface area contributed by atoms with Crippen LogP contribution in [0.2, 0.25) is 0 Å². The van der Waals surface area contributed by atoms with E-state index in [4.69, 9.17) is 4.98 Å². The number of hydrogen-bond acceptors (Lipinski definition) is 7. The van der Waals surface area contributed by atoms with E-state index in [1.165, 1.54) is 28.7 Å². The minimum Gasteiger partial charge on any atom is -0.361 e. The molecule has 1 aliphatic heterocycles. The number of rotatable bonds is 7. The first-order valence-corrected chi connectivity index (χ1v) is 14.2. The van der Waals surface area contributed by atoms with Crippen molar-refractivity contribution in [1.82, 2.24) is 29.8 Å². The number of anilines is 3. The summed E-state index contributed by atoms with van der Waals surface area (Å²) in [4.78, 5) is 17.0. The van der Waals surface area contributed by atoms with Gasteiger partial charge in [-0.1, -0.05) is 12.1 Å². The Bertz CT molecular complexity index is 1790. The van der Waals surface area contributed by atoms with E-state index in [-0.39, 0.29) is 0 Å². The molecule has 4 aromatic heterocycles. The van der Waals surface area contributed by atoms with Crippen LogP contribution in [0.1, 0.15) is 17.5 Å². The molecular formula is C27H28N8O2S. The molecule has 10 nitrogen and oxygen atoms in total. The van der Waals surface area contributed by atoms with Crippen LogP contribution in [0.4, 0.5) is 17.5 Å². The normalized spacial score (nSPS) is 14.1. The maximum atomic E-state index is 12.1. The molecule has 5 aromatic rings. The molecule has 0 aliphatic carbocycles. The number of hydrogen-bond donors (Lipinski definition) is 3. The van der Waals surface area contributed by atoms with Gasteiger partial charge in [-0.05, 0) is 48.9 Å². The lowest BCUT2D eigenvalue weighted by Gasteiger charge is -2.19. The Hall–Kier alpha value is -4.22. The third-order valence-corrected chi connectivity index (χ3v) is 8.02. The largest absolute Gasteiger partial charge is 0.361 e. The lowest BCUT2D eigenvalue weighted by Crippen LogP contribution is -2.27. The first-order chi connectivity index (χ1) is 18.4. The van der Waals surface area contributed by atoms with Crippen LogP contribution >= 0.6 is 0 Å². The maximum absolute atomic E-state index is 12.1. The average Bonchev–Trinajstić information content (AvgIpc) is 3.52. The highest BCUT2D eigenvalue weighted by molar-refractivity contribution is 7.92. The fourth-order valence-electron chi connectivity index (χ4n) is 4.80. The van der Waals surface area contributed by atoms with E-state index in [0.29, 0.717) is 18.3 Å². The molecule has 1 aromatic carbocycles. The Morgan fingerprint density at radius 1 is 1.18 bits per heavy atom. The summed E-state index contributed by atoms with van der Waals surface area (Å²) in [5, 5.41) is 8.77. The van der Waals surface area contributed by atoms with Gasteiger partial charge in [-0.2, -0.15) is 4.98 Å². The molecule has 0 bridgehead atoms. The Balaban J connectivity index is 1.30. The van der Waals surface area contributed by atoms with Gasteiger partial charge in [0.1, 0.15) is 11.5 Å². The second kappa shape index (κ2) is 9.58. The average molecular weight is 529 g/mol. The van der Waals surface area contributed by atoms with E-state index in [9.17, 15) is 8.42 Å². The number of aromatic nitrogens is 5. The number of sulfonamides is 1. The Morgan fingerprint density at radius 2 is 2.08 bits per heavy atom. The predicted molar refractivity (Wildman–Crippen MR) is 151 cm³/mol. The van der Waals surface area contributed by atoms with Gasteiger partial charge in [0.15, 0.2) is 0 Å². The van der Waals surface area contributed by atoms with Gasteiger partial charge >= 0.3 is 0 Å². The quantitative estimate of drug-likeness (QED) is 0.293. The molecule has 5 heterocycles. The second-order valence-electron chi connectivity index (χ2n) is 9.40. The van der Waals surface area contributed by atoms with Crippen LogP contribution < -0.4 is 14.9 Å². The number of fused-ring (bicyclic) bond motifs is 2. The molecule has 0 spiro atoms. The minimum absolute atomic E-state index is 0.392. The molecule has 0 unspecified atom stereocenters. The first kappa shape index (κ1) is 24.1. The summed E-state index contributed by atoms with van der Waals surface area (Å²) in [6.45, 7) is 2.28. The van der Waals surface area contributed by atoms with Crippen molar-refractivity contribution < 1.29 is 8.42 Å². The zero-order valence-electron chi connectivity index (χ0n) is 21.1. The molecule has 38 heavy (non-hydrogen) atoms. The fraction of sp³-hybridized carbons (Fsp3) is 0.222. The summed E-state index contributed by atoms with van der Waals surface area (Å²) in [5.41, 5.74) is 6.06. The van der Waals surface area contributed by atoms with Crippen LogP contribution in [0.15, 0.2) is 67.3 Å². The summed E-state index contributed by atoms with van der Waals surface area (Å²) in [7, 11) is -1.94. The third kappa shape index (κ3) is 4.61. The van der Waals surface area contributed by atoms with Crippen molar-refractivity contribution in [3.8, 4) is 0 Å². The van der Waals surface area contributed by atoms with Crippen LogP contribution in [-0.2, 0) is 16.6 Å². The lowest BCUT2D eigenvalue weighted by molar-refractivity contribution is 0.599. The van der Waals surface area contributed by atoms with Crippen molar-refractivity contribution >= 4 is 55.0 Å². The van der Waals surface area contributed by atoms with Gasteiger partial charge in [0.2, 0.25) is 16.0 Å². The van der Waals surface area contributed by atoms with Crippen LogP contribution in [0, 0.1) is 0 Å². The molecule has 194 valence electrons. The van der Waals surface area contributed by atoms with Gasteiger partial charge in [-0.15, -0.1) is 0 Å². The maximum Gasteiger partial charge on any atom is 0.233 e. The number of nitrogens with zero attached hydrogens (tertiary/aromatic N) is 5. The van der Waals surface area contributed by atoms with Gasteiger partial charge in [0.25, 0.3) is 0 Å². The molecule has 0 atom stereocenters. The third-order valence-electron chi connectivity index (χ3n) is 6.85. The van der Waals surface area contributed by atoms with E-state index in [0.717, 1.165) is 52.7 Å². The fourth-order valence-corrected chi connectivity index (χ4v) is 5.28. The topological polar surface area (TPSA) is 121 Å². The lowest BCUT2D eigenvalue weighted by atomic mass is 9.99. The zero-order chi connectivity index (χ0) is 26.3. The monoisotopic (exact) mass is 528 g/mol. The smallest absolute Gasteiger partial charge is 0.233 e. The van der Waals surface area contributed by atoms with Gasteiger partial charge in [-0.25, -0.2) is 18.4 Å². The molecule has 0 saturated carbocycles. The molecule has 1 aliphatic rings. The molecule has 6 rings (SSSR count). The molecule has 0 fully saturated rings. The van der Waals surface area contributed by atoms with E-state index in [1.807, 2.05) is 29.0 Å². The number of H-pyrrole nitrogens is 1. The number of nitrogens with one attached hydrogen (secondary N) is 3. The van der Waals surface area contributed by atoms with Crippen LogP contribution in [0.25, 0.3) is 27.5 Å². The molecule has 0 radical (unpaired) electrons. The first-order valence-electron chi connectivity index (χ1n) is 12.3. The second-order valence-corrected chi connectivity index (χ2v) is 11.4. The van der Waals surface area contributed by atoms with E-state index in [2.05, 4.69) is 50.0 Å². The Labute approximate surface area is 220 Å². The van der Waals surface area contributed by atoms with Crippen molar-refractivity contribution in [2.75, 3.05) is 36.0 Å². The van der Waals surface area contributed by atoms with Crippen molar-refractivity contribution in [1.29, 1.82) is 0 Å². The SMILES string of the molecule is CN(c1ncccc1Cn1ccc2cnc(Nc3ccc4[nH]cc(C5=CCNCC5)c4c3)nc21)S(C)(=O)=O. The van der Waals surface area contributed by atoms with Crippen molar-refractivity contribution in [3.05, 3.63) is 78.4 Å². The van der Waals surface area contributed by atoms with Gasteiger partial charge < -0.3 is 20.2 Å². The molecular weight excluding hydrogens is 500 g/mol.